The van der Waals surface area contributed by atoms with E-state index in [4.69, 9.17) is 4.74 Å². The minimum absolute atomic E-state index is 0.724. The molecule has 78 valence electrons. The molecule has 1 rings (SSSR count). The van der Waals surface area contributed by atoms with Crippen molar-refractivity contribution in [3.05, 3.63) is 34.5 Å². The topological polar surface area (TPSA) is 21.3 Å². The molecule has 1 N–H and O–H groups in total. The summed E-state index contributed by atoms with van der Waals surface area (Å²) in [4.78, 5) is 2.65. The highest BCUT2D eigenvalue weighted by Gasteiger charge is 1.98. The molecular weight excluding hydrogens is 194 g/mol. The smallest absolute Gasteiger partial charge is 0.0809 e. The lowest BCUT2D eigenvalue weighted by atomic mass is 10.4. The molecule has 1 aromatic heterocycles. The number of rotatable bonds is 7. The van der Waals surface area contributed by atoms with Crippen molar-refractivity contribution in [3.63, 3.8) is 0 Å². The van der Waals surface area contributed by atoms with Crippen LogP contribution < -0.4 is 5.32 Å². The number of nitrogens with one attached hydrogen (secondary N) is 1. The van der Waals surface area contributed by atoms with Crippen LogP contribution >= 0.6 is 11.3 Å². The van der Waals surface area contributed by atoms with Gasteiger partial charge in [-0.15, -0.1) is 17.9 Å². The van der Waals surface area contributed by atoms with Gasteiger partial charge in [-0.05, 0) is 25.6 Å². The molecule has 2 nitrogen and oxygen atoms in total. The van der Waals surface area contributed by atoms with Crippen LogP contribution in [0, 0.1) is 0 Å². The van der Waals surface area contributed by atoms with Gasteiger partial charge in [0.25, 0.3) is 0 Å². The van der Waals surface area contributed by atoms with E-state index in [1.54, 1.807) is 11.3 Å². The Morgan fingerprint density at radius 2 is 2.29 bits per heavy atom. The van der Waals surface area contributed by atoms with Gasteiger partial charge in [-0.1, -0.05) is 6.08 Å². The molecule has 0 spiro atoms. The number of ether oxygens (including phenoxy) is 1. The zero-order chi connectivity index (χ0) is 10.2. The second kappa shape index (κ2) is 6.76. The van der Waals surface area contributed by atoms with Crippen molar-refractivity contribution < 1.29 is 4.74 Å². The highest BCUT2D eigenvalue weighted by molar-refractivity contribution is 7.11. The van der Waals surface area contributed by atoms with Crippen LogP contribution in [0.15, 0.2) is 24.8 Å². The van der Waals surface area contributed by atoms with E-state index in [-0.39, 0.29) is 0 Å². The van der Waals surface area contributed by atoms with Gasteiger partial charge in [0.2, 0.25) is 0 Å². The van der Waals surface area contributed by atoms with Crippen LogP contribution in [0.4, 0.5) is 0 Å². The van der Waals surface area contributed by atoms with Crippen LogP contribution in [0.5, 0.6) is 0 Å². The molecule has 1 aromatic rings. The van der Waals surface area contributed by atoms with Crippen molar-refractivity contribution in [2.75, 3.05) is 13.7 Å². The Labute approximate surface area is 89.6 Å². The summed E-state index contributed by atoms with van der Waals surface area (Å²) in [5.41, 5.74) is 0. The lowest BCUT2D eigenvalue weighted by Crippen LogP contribution is -2.02. The summed E-state index contributed by atoms with van der Waals surface area (Å²) in [7, 11) is 1.96. The molecule has 1 heterocycles. The molecule has 0 saturated carbocycles. The molecule has 0 bridgehead atoms. The Bertz CT molecular complexity index is 270. The highest BCUT2D eigenvalue weighted by Crippen LogP contribution is 2.17. The molecule has 0 fully saturated rings. The molecule has 0 amide bonds. The largest absolute Gasteiger partial charge is 0.376 e. The predicted molar refractivity (Wildman–Crippen MR) is 61.6 cm³/mol. The maximum Gasteiger partial charge on any atom is 0.0809 e. The highest BCUT2D eigenvalue weighted by atomic mass is 32.1. The number of hydrogen-bond donors (Lipinski definition) is 1. The van der Waals surface area contributed by atoms with Gasteiger partial charge in [0.1, 0.15) is 0 Å². The van der Waals surface area contributed by atoms with E-state index in [2.05, 4.69) is 24.0 Å². The van der Waals surface area contributed by atoms with Gasteiger partial charge in [-0.25, -0.2) is 0 Å². The summed E-state index contributed by atoms with van der Waals surface area (Å²) >= 11 is 1.80. The van der Waals surface area contributed by atoms with E-state index in [0.29, 0.717) is 0 Å². The van der Waals surface area contributed by atoms with Crippen LogP contribution in [0.1, 0.15) is 16.2 Å². The molecule has 0 radical (unpaired) electrons. The molecule has 0 unspecified atom stereocenters. The van der Waals surface area contributed by atoms with Crippen LogP contribution in [0.3, 0.4) is 0 Å². The molecule has 0 aliphatic rings. The second-order valence-corrected chi connectivity index (χ2v) is 4.28. The zero-order valence-corrected chi connectivity index (χ0v) is 9.40. The zero-order valence-electron chi connectivity index (χ0n) is 8.58. The number of hydrogen-bond acceptors (Lipinski definition) is 3. The first-order valence-corrected chi connectivity index (χ1v) is 5.59. The summed E-state index contributed by atoms with van der Waals surface area (Å²) in [6, 6.07) is 4.28. The maximum absolute atomic E-state index is 5.47. The fourth-order valence-electron chi connectivity index (χ4n) is 1.11. The summed E-state index contributed by atoms with van der Waals surface area (Å²) in [5.74, 6) is 0. The molecule has 0 aliphatic heterocycles. The third-order valence-corrected chi connectivity index (χ3v) is 2.84. The van der Waals surface area contributed by atoms with Crippen molar-refractivity contribution in [3.8, 4) is 0 Å². The van der Waals surface area contributed by atoms with Crippen LogP contribution in [0.25, 0.3) is 0 Å². The number of thiophene rings is 1. The predicted octanol–water partition coefficient (Wildman–Crippen LogP) is 2.56. The van der Waals surface area contributed by atoms with E-state index in [9.17, 15) is 0 Å². The van der Waals surface area contributed by atoms with Gasteiger partial charge >= 0.3 is 0 Å². The molecular formula is C11H17NOS. The lowest BCUT2D eigenvalue weighted by molar-refractivity contribution is 0.127. The summed E-state index contributed by atoms with van der Waals surface area (Å²) in [6.07, 6.45) is 2.80. The van der Waals surface area contributed by atoms with Crippen LogP contribution in [0.2, 0.25) is 0 Å². The van der Waals surface area contributed by atoms with Crippen molar-refractivity contribution in [2.24, 2.45) is 0 Å². The third-order valence-electron chi connectivity index (χ3n) is 1.78. The monoisotopic (exact) mass is 211 g/mol. The van der Waals surface area contributed by atoms with E-state index in [1.807, 2.05) is 13.1 Å². The van der Waals surface area contributed by atoms with Crippen LogP contribution in [-0.4, -0.2) is 13.7 Å². The Kier molecular flexibility index (Phi) is 5.52. The molecule has 0 saturated heterocycles. The van der Waals surface area contributed by atoms with E-state index in [0.717, 1.165) is 26.2 Å². The minimum Gasteiger partial charge on any atom is -0.376 e. The van der Waals surface area contributed by atoms with Gasteiger partial charge < -0.3 is 10.1 Å². The first kappa shape index (κ1) is 11.4. The molecule has 0 atom stereocenters. The van der Waals surface area contributed by atoms with Crippen molar-refractivity contribution in [1.29, 1.82) is 0 Å². The lowest BCUT2D eigenvalue weighted by Gasteiger charge is -1.98. The average molecular weight is 211 g/mol. The standard InChI is InChI=1S/C11H17NOS/c1-3-4-7-13-9-11-6-5-10(14-11)8-12-2/h3,5-6,12H,1,4,7-9H2,2H3. The quantitative estimate of drug-likeness (QED) is 0.553. The van der Waals surface area contributed by atoms with Gasteiger partial charge in [-0.3, -0.25) is 0 Å². The average Bonchev–Trinajstić information content (AvgIpc) is 2.61. The summed E-state index contributed by atoms with van der Waals surface area (Å²) < 4.78 is 5.47. The van der Waals surface area contributed by atoms with Gasteiger partial charge in [0, 0.05) is 16.3 Å². The molecule has 0 aliphatic carbocycles. The van der Waals surface area contributed by atoms with E-state index >= 15 is 0 Å². The summed E-state index contributed by atoms with van der Waals surface area (Å²) in [6.45, 7) is 6.08. The Hall–Kier alpha value is -0.640. The normalized spacial score (nSPS) is 10.4. The molecule has 3 heteroatoms. The minimum atomic E-state index is 0.724. The van der Waals surface area contributed by atoms with Crippen molar-refractivity contribution in [1.82, 2.24) is 5.32 Å². The second-order valence-electron chi connectivity index (χ2n) is 3.03. The van der Waals surface area contributed by atoms with Gasteiger partial charge in [-0.2, -0.15) is 0 Å². The third kappa shape index (κ3) is 4.05. The van der Waals surface area contributed by atoms with Crippen LogP contribution in [-0.2, 0) is 17.9 Å². The van der Waals surface area contributed by atoms with Crippen molar-refractivity contribution in [2.45, 2.75) is 19.6 Å². The van der Waals surface area contributed by atoms with E-state index in [1.165, 1.54) is 9.75 Å². The van der Waals surface area contributed by atoms with Gasteiger partial charge in [0.05, 0.1) is 13.2 Å². The molecule has 0 aromatic carbocycles. The van der Waals surface area contributed by atoms with Crippen molar-refractivity contribution >= 4 is 11.3 Å². The summed E-state index contributed by atoms with van der Waals surface area (Å²) in [5, 5.41) is 3.13. The SMILES string of the molecule is C=CCCOCc1ccc(CNC)s1. The Balaban J connectivity index is 2.25. The molecule has 14 heavy (non-hydrogen) atoms. The first-order valence-electron chi connectivity index (χ1n) is 4.77. The maximum atomic E-state index is 5.47. The van der Waals surface area contributed by atoms with E-state index < -0.39 is 0 Å². The fourth-order valence-corrected chi connectivity index (χ4v) is 2.08. The fraction of sp³-hybridized carbons (Fsp3) is 0.455. The van der Waals surface area contributed by atoms with Gasteiger partial charge in [0.15, 0.2) is 0 Å². The Morgan fingerprint density at radius 3 is 3.00 bits per heavy atom. The Morgan fingerprint density at radius 1 is 1.50 bits per heavy atom. The first-order chi connectivity index (χ1) is 6.86.